The van der Waals surface area contributed by atoms with Crippen LogP contribution >= 0.6 is 0 Å². The van der Waals surface area contributed by atoms with Gasteiger partial charge >= 0.3 is 12.3 Å². The Bertz CT molecular complexity index is 222. The number of rotatable bonds is 6. The molecule has 0 aromatic carbocycles. The summed E-state index contributed by atoms with van der Waals surface area (Å²) in [6.07, 6.45) is -3.06. The van der Waals surface area contributed by atoms with Crippen molar-refractivity contribution in [2.45, 2.75) is 37.8 Å². The molecule has 17 heavy (non-hydrogen) atoms. The summed E-state index contributed by atoms with van der Waals surface area (Å²) in [6.45, 7) is 2.58. The van der Waals surface area contributed by atoms with Crippen molar-refractivity contribution in [3.8, 4) is 0 Å². The van der Waals surface area contributed by atoms with Crippen LogP contribution < -0.4 is 10.6 Å². The van der Waals surface area contributed by atoms with Crippen LogP contribution in [0.4, 0.5) is 17.6 Å². The van der Waals surface area contributed by atoms with Gasteiger partial charge in [-0.15, -0.1) is 0 Å². The van der Waals surface area contributed by atoms with Gasteiger partial charge < -0.3 is 15.4 Å². The molecule has 0 saturated carbocycles. The molecule has 3 nitrogen and oxygen atoms in total. The first kappa shape index (κ1) is 14.7. The zero-order chi connectivity index (χ0) is 12.9. The van der Waals surface area contributed by atoms with Crippen molar-refractivity contribution in [1.29, 1.82) is 0 Å². The Morgan fingerprint density at radius 1 is 1.47 bits per heavy atom. The Kier molecular flexibility index (Phi) is 5.61. The van der Waals surface area contributed by atoms with Gasteiger partial charge in [-0.1, -0.05) is 0 Å². The standard InChI is InChI=1S/C10H18F4N2O/c1-7(4-8-5-17-3-2-15-8)16-6-10(13,14)9(11)12/h7-9,15-16H,2-6H2,1H3. The van der Waals surface area contributed by atoms with Crippen LogP contribution in [0.3, 0.4) is 0 Å². The molecular weight excluding hydrogens is 240 g/mol. The van der Waals surface area contributed by atoms with E-state index in [1.165, 1.54) is 0 Å². The van der Waals surface area contributed by atoms with Gasteiger partial charge in [0.1, 0.15) is 0 Å². The van der Waals surface area contributed by atoms with Gasteiger partial charge in [-0.05, 0) is 13.3 Å². The highest BCUT2D eigenvalue weighted by atomic mass is 19.3. The van der Waals surface area contributed by atoms with Gasteiger partial charge in [0.25, 0.3) is 0 Å². The first-order valence-corrected chi connectivity index (χ1v) is 5.62. The van der Waals surface area contributed by atoms with E-state index in [0.29, 0.717) is 19.6 Å². The van der Waals surface area contributed by atoms with E-state index in [2.05, 4.69) is 10.6 Å². The summed E-state index contributed by atoms with van der Waals surface area (Å²) < 4.78 is 54.3. The molecule has 1 aliphatic heterocycles. The maximum absolute atomic E-state index is 12.6. The van der Waals surface area contributed by atoms with Gasteiger partial charge in [0.2, 0.25) is 0 Å². The van der Waals surface area contributed by atoms with E-state index in [0.717, 1.165) is 6.54 Å². The maximum atomic E-state index is 12.6. The molecule has 102 valence electrons. The first-order chi connectivity index (χ1) is 7.92. The predicted molar refractivity (Wildman–Crippen MR) is 55.6 cm³/mol. The van der Waals surface area contributed by atoms with Crippen LogP contribution in [0.5, 0.6) is 0 Å². The van der Waals surface area contributed by atoms with Crippen LogP contribution in [0.2, 0.25) is 0 Å². The Morgan fingerprint density at radius 3 is 2.71 bits per heavy atom. The molecule has 0 aromatic rings. The molecule has 1 fully saturated rings. The maximum Gasteiger partial charge on any atom is 0.319 e. The number of morpholine rings is 1. The molecule has 1 aliphatic rings. The SMILES string of the molecule is CC(CC1COCCN1)NCC(F)(F)C(F)F. The molecule has 0 amide bonds. The molecule has 1 rings (SSSR count). The first-order valence-electron chi connectivity index (χ1n) is 5.62. The fourth-order valence-electron chi connectivity index (χ4n) is 1.67. The summed E-state index contributed by atoms with van der Waals surface area (Å²) >= 11 is 0. The van der Waals surface area contributed by atoms with Crippen molar-refractivity contribution in [1.82, 2.24) is 10.6 Å². The fraction of sp³-hybridized carbons (Fsp3) is 1.00. The molecule has 2 unspecified atom stereocenters. The molecular formula is C10H18F4N2O. The molecule has 1 saturated heterocycles. The molecule has 0 aromatic heterocycles. The summed E-state index contributed by atoms with van der Waals surface area (Å²) in [5.74, 6) is -3.97. The van der Waals surface area contributed by atoms with Gasteiger partial charge in [0, 0.05) is 18.6 Å². The molecule has 2 N–H and O–H groups in total. The lowest BCUT2D eigenvalue weighted by molar-refractivity contribution is -0.126. The minimum Gasteiger partial charge on any atom is -0.379 e. The third-order valence-corrected chi connectivity index (χ3v) is 2.64. The average molecular weight is 258 g/mol. The van der Waals surface area contributed by atoms with Crippen LogP contribution in [-0.4, -0.2) is 50.7 Å². The third-order valence-electron chi connectivity index (χ3n) is 2.64. The van der Waals surface area contributed by atoms with Crippen molar-refractivity contribution in [3.63, 3.8) is 0 Å². The smallest absolute Gasteiger partial charge is 0.319 e. The monoisotopic (exact) mass is 258 g/mol. The highest BCUT2D eigenvalue weighted by Gasteiger charge is 2.40. The van der Waals surface area contributed by atoms with Crippen molar-refractivity contribution in [3.05, 3.63) is 0 Å². The Balaban J connectivity index is 2.22. The van der Waals surface area contributed by atoms with Gasteiger partial charge in [0.15, 0.2) is 0 Å². The summed E-state index contributed by atoms with van der Waals surface area (Å²) in [6, 6.07) is -0.176. The molecule has 1 heterocycles. The summed E-state index contributed by atoms with van der Waals surface area (Å²) in [5, 5.41) is 5.60. The van der Waals surface area contributed by atoms with E-state index in [4.69, 9.17) is 4.74 Å². The number of ether oxygens (including phenoxy) is 1. The second kappa shape index (κ2) is 6.51. The van der Waals surface area contributed by atoms with Gasteiger partial charge in [0.05, 0.1) is 19.8 Å². The number of hydrogen-bond donors (Lipinski definition) is 2. The molecule has 7 heteroatoms. The topological polar surface area (TPSA) is 33.3 Å². The van der Waals surface area contributed by atoms with Crippen LogP contribution in [0.25, 0.3) is 0 Å². The highest BCUT2D eigenvalue weighted by Crippen LogP contribution is 2.21. The van der Waals surface area contributed by atoms with Gasteiger partial charge in [-0.3, -0.25) is 0 Å². The van der Waals surface area contributed by atoms with E-state index in [9.17, 15) is 17.6 Å². The van der Waals surface area contributed by atoms with E-state index in [1.54, 1.807) is 6.92 Å². The second-order valence-corrected chi connectivity index (χ2v) is 4.31. The zero-order valence-electron chi connectivity index (χ0n) is 9.69. The second-order valence-electron chi connectivity index (χ2n) is 4.31. The lowest BCUT2D eigenvalue weighted by Crippen LogP contribution is -2.47. The number of halogens is 4. The molecule has 0 aliphatic carbocycles. The third kappa shape index (κ3) is 5.18. The van der Waals surface area contributed by atoms with Gasteiger partial charge in [-0.2, -0.15) is 8.78 Å². The van der Waals surface area contributed by atoms with Crippen molar-refractivity contribution < 1.29 is 22.3 Å². The minimum atomic E-state index is -3.97. The van der Waals surface area contributed by atoms with Gasteiger partial charge in [-0.25, -0.2) is 8.78 Å². The summed E-state index contributed by atoms with van der Waals surface area (Å²) in [4.78, 5) is 0. The van der Waals surface area contributed by atoms with Crippen LogP contribution in [0.15, 0.2) is 0 Å². The Morgan fingerprint density at radius 2 is 2.18 bits per heavy atom. The molecule has 0 bridgehead atoms. The zero-order valence-corrected chi connectivity index (χ0v) is 9.69. The van der Waals surface area contributed by atoms with Crippen LogP contribution in [0.1, 0.15) is 13.3 Å². The molecule has 0 radical (unpaired) electrons. The van der Waals surface area contributed by atoms with Crippen LogP contribution in [-0.2, 0) is 4.74 Å². The fourth-order valence-corrected chi connectivity index (χ4v) is 1.67. The average Bonchev–Trinajstić information content (AvgIpc) is 2.28. The summed E-state index contributed by atoms with van der Waals surface area (Å²) in [7, 11) is 0. The lowest BCUT2D eigenvalue weighted by atomic mass is 10.1. The summed E-state index contributed by atoms with van der Waals surface area (Å²) in [5.41, 5.74) is 0. The predicted octanol–water partition coefficient (Wildman–Crippen LogP) is 1.24. The van der Waals surface area contributed by atoms with Crippen molar-refractivity contribution >= 4 is 0 Å². The van der Waals surface area contributed by atoms with E-state index in [1.807, 2.05) is 0 Å². The molecule has 2 atom stereocenters. The lowest BCUT2D eigenvalue weighted by Gasteiger charge is -2.27. The largest absolute Gasteiger partial charge is 0.379 e. The highest BCUT2D eigenvalue weighted by molar-refractivity contribution is 4.79. The number of hydrogen-bond acceptors (Lipinski definition) is 3. The Labute approximate surface area is 97.9 Å². The number of nitrogens with one attached hydrogen (secondary N) is 2. The number of alkyl halides is 4. The molecule has 0 spiro atoms. The van der Waals surface area contributed by atoms with E-state index in [-0.39, 0.29) is 12.1 Å². The van der Waals surface area contributed by atoms with Crippen LogP contribution in [0, 0.1) is 0 Å². The quantitative estimate of drug-likeness (QED) is 0.703. The minimum absolute atomic E-state index is 0.0893. The van der Waals surface area contributed by atoms with E-state index >= 15 is 0 Å². The normalized spacial score (nSPS) is 24.0. The Hall–Kier alpha value is -0.400. The van der Waals surface area contributed by atoms with Crippen molar-refractivity contribution in [2.75, 3.05) is 26.3 Å². The van der Waals surface area contributed by atoms with Crippen molar-refractivity contribution in [2.24, 2.45) is 0 Å². The van der Waals surface area contributed by atoms with E-state index < -0.39 is 18.9 Å².